The highest BCUT2D eigenvalue weighted by atomic mass is 16.7. The topological polar surface area (TPSA) is 55.8 Å². The molecule has 0 bridgehead atoms. The molecule has 1 aliphatic heterocycles. The van der Waals surface area contributed by atoms with Crippen LogP contribution < -0.4 is 0 Å². The van der Waals surface area contributed by atoms with Crippen LogP contribution in [0, 0.1) is 17.3 Å². The highest BCUT2D eigenvalue weighted by Crippen LogP contribution is 2.45. The molecule has 0 unspecified atom stereocenters. The van der Waals surface area contributed by atoms with Gasteiger partial charge in [0.05, 0.1) is 13.2 Å². The maximum atomic E-state index is 11.3. The number of carboxylic acids is 1. The minimum Gasteiger partial charge on any atom is -0.481 e. The summed E-state index contributed by atoms with van der Waals surface area (Å²) in [7, 11) is 0. The number of aliphatic carboxylic acids is 1. The van der Waals surface area contributed by atoms with Crippen molar-refractivity contribution in [3.8, 4) is 0 Å². The van der Waals surface area contributed by atoms with E-state index in [1.54, 1.807) is 0 Å². The van der Waals surface area contributed by atoms with E-state index in [2.05, 4.69) is 26.0 Å². The summed E-state index contributed by atoms with van der Waals surface area (Å²) >= 11 is 0. The van der Waals surface area contributed by atoms with Crippen LogP contribution in [0.25, 0.3) is 0 Å². The molecular weight excluding hydrogens is 304 g/mol. The number of rotatable bonds is 4. The van der Waals surface area contributed by atoms with Crippen LogP contribution in [0.3, 0.4) is 0 Å². The smallest absolute Gasteiger partial charge is 0.303 e. The minimum absolute atomic E-state index is 0.0537. The molecule has 1 saturated heterocycles. The SMILES string of the molecule is CC1(C)COC2(CC[C@@H](CC(=O)O)[C@H](Cc3ccccc3)C2)OC1. The summed E-state index contributed by atoms with van der Waals surface area (Å²) in [5, 5.41) is 9.26. The largest absolute Gasteiger partial charge is 0.481 e. The standard InChI is InChI=1S/C20H28O4/c1-19(2)13-23-20(24-14-19)9-8-16(11-18(21)22)17(12-20)10-15-6-4-3-5-7-15/h3-7,16-17H,8-14H2,1-2H3,(H,21,22)/t16-,17+/m0/s1. The number of ether oxygens (including phenoxy) is 2. The molecule has 1 saturated carbocycles. The highest BCUT2D eigenvalue weighted by Gasteiger charge is 2.47. The molecule has 1 aromatic carbocycles. The molecule has 0 amide bonds. The lowest BCUT2D eigenvalue weighted by Crippen LogP contribution is -2.51. The van der Waals surface area contributed by atoms with Crippen molar-refractivity contribution in [2.24, 2.45) is 17.3 Å². The van der Waals surface area contributed by atoms with Gasteiger partial charge in [0.2, 0.25) is 0 Å². The molecule has 1 aromatic rings. The lowest BCUT2D eigenvalue weighted by Gasteiger charge is -2.49. The Morgan fingerprint density at radius 2 is 1.83 bits per heavy atom. The quantitative estimate of drug-likeness (QED) is 0.909. The third kappa shape index (κ3) is 4.17. The van der Waals surface area contributed by atoms with E-state index in [0.717, 1.165) is 25.7 Å². The molecular formula is C20H28O4. The van der Waals surface area contributed by atoms with E-state index in [1.165, 1.54) is 5.56 Å². The van der Waals surface area contributed by atoms with E-state index < -0.39 is 11.8 Å². The molecule has 1 N–H and O–H groups in total. The maximum absolute atomic E-state index is 11.3. The van der Waals surface area contributed by atoms with E-state index in [-0.39, 0.29) is 23.7 Å². The second kappa shape index (κ2) is 6.85. The second-order valence-electron chi connectivity index (χ2n) is 8.20. The highest BCUT2D eigenvalue weighted by molar-refractivity contribution is 5.67. The van der Waals surface area contributed by atoms with Crippen LogP contribution in [0.1, 0.15) is 45.1 Å². The number of carboxylic acid groups (broad SMARTS) is 1. The maximum Gasteiger partial charge on any atom is 0.303 e. The average Bonchev–Trinajstić information content (AvgIpc) is 2.54. The number of benzene rings is 1. The Morgan fingerprint density at radius 1 is 1.17 bits per heavy atom. The summed E-state index contributed by atoms with van der Waals surface area (Å²) < 4.78 is 12.3. The fourth-order valence-electron chi connectivity index (χ4n) is 3.96. The van der Waals surface area contributed by atoms with Crippen molar-refractivity contribution < 1.29 is 19.4 Å². The van der Waals surface area contributed by atoms with Crippen LogP contribution in [0.4, 0.5) is 0 Å². The lowest BCUT2D eigenvalue weighted by molar-refractivity contribution is -0.318. The lowest BCUT2D eigenvalue weighted by atomic mass is 9.71. The fraction of sp³-hybridized carbons (Fsp3) is 0.650. The molecule has 0 aromatic heterocycles. The third-order valence-corrected chi connectivity index (χ3v) is 5.37. The van der Waals surface area contributed by atoms with Gasteiger partial charge in [-0.15, -0.1) is 0 Å². The molecule has 1 spiro atoms. The van der Waals surface area contributed by atoms with Crippen LogP contribution in [-0.2, 0) is 20.7 Å². The van der Waals surface area contributed by atoms with Crippen molar-refractivity contribution in [3.05, 3.63) is 35.9 Å². The normalized spacial score (nSPS) is 28.6. The molecule has 1 aliphatic carbocycles. The Labute approximate surface area is 144 Å². The summed E-state index contributed by atoms with van der Waals surface area (Å²) in [6.07, 6.45) is 3.56. The van der Waals surface area contributed by atoms with Crippen LogP contribution in [0.2, 0.25) is 0 Å². The zero-order valence-electron chi connectivity index (χ0n) is 14.7. The number of hydrogen-bond acceptors (Lipinski definition) is 3. The molecule has 4 nitrogen and oxygen atoms in total. The van der Waals surface area contributed by atoms with Gasteiger partial charge in [-0.3, -0.25) is 4.79 Å². The molecule has 132 valence electrons. The van der Waals surface area contributed by atoms with E-state index >= 15 is 0 Å². The van der Waals surface area contributed by atoms with E-state index in [4.69, 9.17) is 9.47 Å². The van der Waals surface area contributed by atoms with Crippen molar-refractivity contribution in [2.45, 2.75) is 51.7 Å². The predicted molar refractivity (Wildman–Crippen MR) is 91.6 cm³/mol. The van der Waals surface area contributed by atoms with Gasteiger partial charge in [-0.05, 0) is 30.2 Å². The Bertz CT molecular complexity index is 556. The molecule has 24 heavy (non-hydrogen) atoms. The Kier molecular flexibility index (Phi) is 4.97. The molecule has 2 aliphatic rings. The van der Waals surface area contributed by atoms with Crippen molar-refractivity contribution in [3.63, 3.8) is 0 Å². The molecule has 1 heterocycles. The van der Waals surface area contributed by atoms with Crippen molar-refractivity contribution in [1.82, 2.24) is 0 Å². The molecule has 0 radical (unpaired) electrons. The van der Waals surface area contributed by atoms with Crippen molar-refractivity contribution in [1.29, 1.82) is 0 Å². The molecule has 2 fully saturated rings. The number of hydrogen-bond donors (Lipinski definition) is 1. The van der Waals surface area contributed by atoms with Crippen LogP contribution in [0.15, 0.2) is 30.3 Å². The van der Waals surface area contributed by atoms with Crippen molar-refractivity contribution in [2.75, 3.05) is 13.2 Å². The van der Waals surface area contributed by atoms with Gasteiger partial charge in [0.1, 0.15) is 0 Å². The van der Waals surface area contributed by atoms with Gasteiger partial charge in [0.15, 0.2) is 5.79 Å². The van der Waals surface area contributed by atoms with Gasteiger partial charge in [0.25, 0.3) is 0 Å². The van der Waals surface area contributed by atoms with E-state index in [0.29, 0.717) is 13.2 Å². The van der Waals surface area contributed by atoms with Gasteiger partial charge >= 0.3 is 5.97 Å². The summed E-state index contributed by atoms with van der Waals surface area (Å²) in [6.45, 7) is 5.71. The Hall–Kier alpha value is -1.39. The first-order valence-electron chi connectivity index (χ1n) is 8.91. The molecule has 2 atom stereocenters. The van der Waals surface area contributed by atoms with Gasteiger partial charge in [-0.2, -0.15) is 0 Å². The third-order valence-electron chi connectivity index (χ3n) is 5.37. The monoisotopic (exact) mass is 332 g/mol. The van der Waals surface area contributed by atoms with Crippen LogP contribution in [-0.4, -0.2) is 30.1 Å². The Morgan fingerprint density at radius 3 is 2.46 bits per heavy atom. The van der Waals surface area contributed by atoms with Gasteiger partial charge < -0.3 is 14.6 Å². The molecule has 3 rings (SSSR count). The van der Waals surface area contributed by atoms with Gasteiger partial charge in [-0.1, -0.05) is 44.2 Å². The Balaban J connectivity index is 1.73. The predicted octanol–water partition coefficient (Wildman–Crippen LogP) is 3.89. The van der Waals surface area contributed by atoms with Crippen molar-refractivity contribution >= 4 is 5.97 Å². The summed E-state index contributed by atoms with van der Waals surface area (Å²) in [4.78, 5) is 11.3. The summed E-state index contributed by atoms with van der Waals surface area (Å²) in [5.74, 6) is -0.751. The first kappa shape index (κ1) is 17.4. The number of carbonyl (C=O) groups is 1. The molecule has 4 heteroatoms. The second-order valence-corrected chi connectivity index (χ2v) is 8.20. The summed E-state index contributed by atoms with van der Waals surface area (Å²) in [5.41, 5.74) is 1.31. The minimum atomic E-state index is -0.708. The zero-order chi connectivity index (χ0) is 17.2. The van der Waals surface area contributed by atoms with Crippen LogP contribution >= 0.6 is 0 Å². The zero-order valence-corrected chi connectivity index (χ0v) is 14.7. The average molecular weight is 332 g/mol. The van der Waals surface area contributed by atoms with E-state index in [1.807, 2.05) is 18.2 Å². The summed E-state index contributed by atoms with van der Waals surface area (Å²) in [6, 6.07) is 10.3. The fourth-order valence-corrected chi connectivity index (χ4v) is 3.96. The van der Waals surface area contributed by atoms with Gasteiger partial charge in [0, 0.05) is 24.7 Å². The first-order valence-corrected chi connectivity index (χ1v) is 8.91. The first-order chi connectivity index (χ1) is 11.4. The van der Waals surface area contributed by atoms with Gasteiger partial charge in [-0.25, -0.2) is 0 Å². The van der Waals surface area contributed by atoms with Crippen LogP contribution in [0.5, 0.6) is 0 Å². The van der Waals surface area contributed by atoms with E-state index in [9.17, 15) is 9.90 Å².